The van der Waals surface area contributed by atoms with Gasteiger partial charge >= 0.3 is 0 Å². The average Bonchev–Trinajstić information content (AvgIpc) is 2.45. The Morgan fingerprint density at radius 2 is 2.15 bits per heavy atom. The summed E-state index contributed by atoms with van der Waals surface area (Å²) in [7, 11) is 0. The molecule has 20 heavy (non-hydrogen) atoms. The van der Waals surface area contributed by atoms with Gasteiger partial charge in [0.05, 0.1) is 12.2 Å². The van der Waals surface area contributed by atoms with Gasteiger partial charge < -0.3 is 10.6 Å². The average molecular weight is 270 g/mol. The summed E-state index contributed by atoms with van der Waals surface area (Å²) in [5.74, 6) is 0.593. The predicted octanol–water partition coefficient (Wildman–Crippen LogP) is 2.15. The third-order valence-corrected chi connectivity index (χ3v) is 2.73. The molecule has 0 aliphatic rings. The fourth-order valence-electron chi connectivity index (χ4n) is 1.85. The lowest BCUT2D eigenvalue weighted by Crippen LogP contribution is -2.23. The normalized spacial score (nSPS) is 10.1. The van der Waals surface area contributed by atoms with E-state index in [0.29, 0.717) is 12.1 Å². The zero-order valence-electron chi connectivity index (χ0n) is 11.7. The van der Waals surface area contributed by atoms with Gasteiger partial charge in [-0.05, 0) is 38.1 Å². The third kappa shape index (κ3) is 3.78. The summed E-state index contributed by atoms with van der Waals surface area (Å²) in [5, 5.41) is 5.97. The molecule has 2 N–H and O–H groups in total. The number of hydrogen-bond donors (Lipinski definition) is 2. The van der Waals surface area contributed by atoms with Crippen molar-refractivity contribution < 1.29 is 4.79 Å². The summed E-state index contributed by atoms with van der Waals surface area (Å²) in [6, 6.07) is 9.15. The fourth-order valence-corrected chi connectivity index (χ4v) is 1.85. The molecule has 0 radical (unpaired) electrons. The Hall–Kier alpha value is -2.43. The Morgan fingerprint density at radius 3 is 2.85 bits per heavy atom. The zero-order chi connectivity index (χ0) is 14.4. The SMILES string of the molecule is CCNc1cc(C(=O)NCc2ccccn2)cc(C)n1. The van der Waals surface area contributed by atoms with Crippen LogP contribution < -0.4 is 10.6 Å². The van der Waals surface area contributed by atoms with Gasteiger partial charge in [-0.3, -0.25) is 9.78 Å². The summed E-state index contributed by atoms with van der Waals surface area (Å²) in [5.41, 5.74) is 2.24. The van der Waals surface area contributed by atoms with Crippen molar-refractivity contribution in [3.63, 3.8) is 0 Å². The lowest BCUT2D eigenvalue weighted by Gasteiger charge is -2.08. The van der Waals surface area contributed by atoms with Gasteiger partial charge in [0.1, 0.15) is 5.82 Å². The molecule has 0 fully saturated rings. The number of carbonyl (C=O) groups excluding carboxylic acids is 1. The van der Waals surface area contributed by atoms with Gasteiger partial charge in [0, 0.05) is 24.0 Å². The highest BCUT2D eigenvalue weighted by Gasteiger charge is 2.08. The van der Waals surface area contributed by atoms with Crippen molar-refractivity contribution in [1.29, 1.82) is 0 Å². The van der Waals surface area contributed by atoms with Gasteiger partial charge in [-0.1, -0.05) is 6.07 Å². The van der Waals surface area contributed by atoms with Crippen LogP contribution in [0.15, 0.2) is 36.5 Å². The molecule has 2 aromatic heterocycles. The molecule has 0 saturated carbocycles. The lowest BCUT2D eigenvalue weighted by molar-refractivity contribution is 0.0950. The summed E-state index contributed by atoms with van der Waals surface area (Å²) < 4.78 is 0. The van der Waals surface area contributed by atoms with Crippen molar-refractivity contribution in [2.24, 2.45) is 0 Å². The molecule has 0 aliphatic heterocycles. The number of hydrogen-bond acceptors (Lipinski definition) is 4. The topological polar surface area (TPSA) is 66.9 Å². The van der Waals surface area contributed by atoms with E-state index in [9.17, 15) is 4.79 Å². The van der Waals surface area contributed by atoms with Crippen LogP contribution in [0.25, 0.3) is 0 Å². The van der Waals surface area contributed by atoms with Crippen molar-refractivity contribution in [1.82, 2.24) is 15.3 Å². The number of rotatable bonds is 5. The van der Waals surface area contributed by atoms with Crippen LogP contribution in [0.3, 0.4) is 0 Å². The van der Waals surface area contributed by atoms with Crippen LogP contribution in [0, 0.1) is 6.92 Å². The summed E-state index contributed by atoms with van der Waals surface area (Å²) in [6.45, 7) is 5.05. The van der Waals surface area contributed by atoms with Crippen molar-refractivity contribution in [2.45, 2.75) is 20.4 Å². The second-order valence-corrected chi connectivity index (χ2v) is 4.42. The Morgan fingerprint density at radius 1 is 1.30 bits per heavy atom. The molecule has 0 unspecified atom stereocenters. The van der Waals surface area contributed by atoms with Gasteiger partial charge in [0.25, 0.3) is 5.91 Å². The predicted molar refractivity (Wildman–Crippen MR) is 78.5 cm³/mol. The fraction of sp³-hybridized carbons (Fsp3) is 0.267. The van der Waals surface area contributed by atoms with Gasteiger partial charge in [-0.2, -0.15) is 0 Å². The van der Waals surface area contributed by atoms with Crippen LogP contribution >= 0.6 is 0 Å². The minimum absolute atomic E-state index is 0.125. The van der Waals surface area contributed by atoms with E-state index in [4.69, 9.17) is 0 Å². The van der Waals surface area contributed by atoms with E-state index < -0.39 is 0 Å². The van der Waals surface area contributed by atoms with Crippen LogP contribution in [-0.4, -0.2) is 22.4 Å². The maximum Gasteiger partial charge on any atom is 0.251 e. The first-order valence-electron chi connectivity index (χ1n) is 6.59. The van der Waals surface area contributed by atoms with Crippen LogP contribution in [0.1, 0.15) is 28.7 Å². The Kier molecular flexibility index (Phi) is 4.65. The summed E-state index contributed by atoms with van der Waals surface area (Å²) in [4.78, 5) is 20.6. The summed E-state index contributed by atoms with van der Waals surface area (Å²) in [6.07, 6.45) is 1.71. The minimum Gasteiger partial charge on any atom is -0.370 e. The Balaban J connectivity index is 2.05. The number of aromatic nitrogens is 2. The van der Waals surface area contributed by atoms with Crippen LogP contribution in [-0.2, 0) is 6.54 Å². The van der Waals surface area contributed by atoms with Crippen LogP contribution in [0.4, 0.5) is 5.82 Å². The third-order valence-electron chi connectivity index (χ3n) is 2.73. The number of anilines is 1. The lowest BCUT2D eigenvalue weighted by atomic mass is 10.2. The van der Waals surface area contributed by atoms with Crippen molar-refractivity contribution in [2.75, 3.05) is 11.9 Å². The van der Waals surface area contributed by atoms with E-state index in [2.05, 4.69) is 20.6 Å². The molecular formula is C15H18N4O. The van der Waals surface area contributed by atoms with E-state index in [1.165, 1.54) is 0 Å². The van der Waals surface area contributed by atoms with Crippen LogP contribution in [0.2, 0.25) is 0 Å². The largest absolute Gasteiger partial charge is 0.370 e. The molecule has 0 spiro atoms. The molecule has 2 rings (SSSR count). The number of pyridine rings is 2. The highest BCUT2D eigenvalue weighted by molar-refractivity contribution is 5.94. The maximum absolute atomic E-state index is 12.1. The molecular weight excluding hydrogens is 252 g/mol. The standard InChI is InChI=1S/C15H18N4O/c1-3-16-14-9-12(8-11(2)19-14)15(20)18-10-13-6-4-5-7-17-13/h4-9H,3,10H2,1-2H3,(H,16,19)(H,18,20). The van der Waals surface area contributed by atoms with E-state index >= 15 is 0 Å². The quantitative estimate of drug-likeness (QED) is 0.873. The Labute approximate surface area is 118 Å². The Bertz CT molecular complexity index is 584. The van der Waals surface area contributed by atoms with Gasteiger partial charge in [0.2, 0.25) is 0 Å². The highest BCUT2D eigenvalue weighted by atomic mass is 16.1. The van der Waals surface area contributed by atoms with Gasteiger partial charge in [-0.25, -0.2) is 4.98 Å². The number of nitrogens with one attached hydrogen (secondary N) is 2. The van der Waals surface area contributed by atoms with E-state index in [-0.39, 0.29) is 5.91 Å². The first kappa shape index (κ1) is 14.0. The number of amides is 1. The first-order chi connectivity index (χ1) is 9.69. The molecule has 0 aromatic carbocycles. The monoisotopic (exact) mass is 270 g/mol. The molecule has 5 heteroatoms. The minimum atomic E-state index is -0.125. The van der Waals surface area contributed by atoms with E-state index in [0.717, 1.165) is 23.8 Å². The molecule has 0 saturated heterocycles. The summed E-state index contributed by atoms with van der Waals surface area (Å²) >= 11 is 0. The zero-order valence-corrected chi connectivity index (χ0v) is 11.7. The molecule has 0 aliphatic carbocycles. The number of nitrogens with zero attached hydrogens (tertiary/aromatic N) is 2. The van der Waals surface area contributed by atoms with E-state index in [1.807, 2.05) is 32.0 Å². The second-order valence-electron chi connectivity index (χ2n) is 4.42. The second kappa shape index (κ2) is 6.65. The molecule has 2 heterocycles. The molecule has 5 nitrogen and oxygen atoms in total. The number of aryl methyl sites for hydroxylation is 1. The molecule has 0 atom stereocenters. The van der Waals surface area contributed by atoms with Crippen molar-refractivity contribution >= 4 is 11.7 Å². The smallest absolute Gasteiger partial charge is 0.251 e. The van der Waals surface area contributed by atoms with Gasteiger partial charge in [0.15, 0.2) is 0 Å². The number of carbonyl (C=O) groups is 1. The van der Waals surface area contributed by atoms with Gasteiger partial charge in [-0.15, -0.1) is 0 Å². The van der Waals surface area contributed by atoms with Crippen molar-refractivity contribution in [3.8, 4) is 0 Å². The maximum atomic E-state index is 12.1. The molecule has 2 aromatic rings. The molecule has 1 amide bonds. The molecule has 0 bridgehead atoms. The highest BCUT2D eigenvalue weighted by Crippen LogP contribution is 2.10. The van der Waals surface area contributed by atoms with Crippen LogP contribution in [0.5, 0.6) is 0 Å². The van der Waals surface area contributed by atoms with Crippen molar-refractivity contribution in [3.05, 3.63) is 53.5 Å². The first-order valence-corrected chi connectivity index (χ1v) is 6.59. The van der Waals surface area contributed by atoms with E-state index in [1.54, 1.807) is 18.3 Å². The molecule has 104 valence electrons.